The average molecular weight is 448 g/mol. The van der Waals surface area contributed by atoms with Gasteiger partial charge >= 0.3 is 0 Å². The van der Waals surface area contributed by atoms with Crippen LogP contribution < -0.4 is 20.9 Å². The zero-order chi connectivity index (χ0) is 22.2. The summed E-state index contributed by atoms with van der Waals surface area (Å²) in [4.78, 5) is 36.5. The molecule has 0 radical (unpaired) electrons. The third-order valence-corrected chi connectivity index (χ3v) is 4.80. The Bertz CT molecular complexity index is 940. The number of hydroxylamine groups is 1. The quantitative estimate of drug-likeness (QED) is 0.390. The molecular formula is C20H22ClN5O5. The second kappa shape index (κ2) is 10.7. The van der Waals surface area contributed by atoms with E-state index in [0.29, 0.717) is 41.1 Å². The fourth-order valence-corrected chi connectivity index (χ4v) is 3.02. The first-order valence-corrected chi connectivity index (χ1v) is 9.71. The Morgan fingerprint density at radius 3 is 2.74 bits per heavy atom. The number of nitrogens with zero attached hydrogens (tertiary/aromatic N) is 2. The van der Waals surface area contributed by atoms with Gasteiger partial charge in [-0.15, -0.1) is 0 Å². The SMILES string of the molecule is C=CC(=O)NC1COCC1Nc1ncc(OCc2cc(C(=O)NOC)ccc2Cl)cn1. The predicted molar refractivity (Wildman–Crippen MR) is 113 cm³/mol. The minimum absolute atomic E-state index is 0.120. The number of nitrogens with one attached hydrogen (secondary N) is 3. The predicted octanol–water partition coefficient (Wildman–Crippen LogP) is 1.48. The molecule has 1 aliphatic rings. The molecule has 1 aliphatic heterocycles. The van der Waals surface area contributed by atoms with Crippen LogP contribution in [0.1, 0.15) is 15.9 Å². The van der Waals surface area contributed by atoms with Crippen LogP contribution >= 0.6 is 11.6 Å². The third kappa shape index (κ3) is 6.14. The minimum atomic E-state index is -0.391. The molecule has 11 heteroatoms. The van der Waals surface area contributed by atoms with Crippen LogP contribution in [0.2, 0.25) is 5.02 Å². The van der Waals surface area contributed by atoms with Gasteiger partial charge in [-0.05, 0) is 24.3 Å². The maximum Gasteiger partial charge on any atom is 0.274 e. The van der Waals surface area contributed by atoms with Gasteiger partial charge in [0, 0.05) is 16.1 Å². The lowest BCUT2D eigenvalue weighted by Gasteiger charge is -2.19. The van der Waals surface area contributed by atoms with E-state index >= 15 is 0 Å². The molecule has 2 heterocycles. The van der Waals surface area contributed by atoms with Crippen molar-refractivity contribution in [2.45, 2.75) is 18.7 Å². The van der Waals surface area contributed by atoms with Crippen molar-refractivity contribution in [3.8, 4) is 5.75 Å². The summed E-state index contributed by atoms with van der Waals surface area (Å²) in [6.45, 7) is 4.36. The van der Waals surface area contributed by atoms with E-state index in [4.69, 9.17) is 21.1 Å². The van der Waals surface area contributed by atoms with Crippen molar-refractivity contribution in [2.75, 3.05) is 25.6 Å². The largest absolute Gasteiger partial charge is 0.486 e. The maximum absolute atomic E-state index is 11.9. The molecule has 0 spiro atoms. The lowest BCUT2D eigenvalue weighted by atomic mass is 10.1. The number of benzene rings is 1. The summed E-state index contributed by atoms with van der Waals surface area (Å²) in [7, 11) is 1.35. The third-order valence-electron chi connectivity index (χ3n) is 4.43. The van der Waals surface area contributed by atoms with Crippen LogP contribution in [0, 0.1) is 0 Å². The molecular weight excluding hydrogens is 426 g/mol. The number of aromatic nitrogens is 2. The van der Waals surface area contributed by atoms with E-state index in [9.17, 15) is 9.59 Å². The first-order valence-electron chi connectivity index (χ1n) is 9.34. The lowest BCUT2D eigenvalue weighted by molar-refractivity contribution is -0.117. The zero-order valence-corrected chi connectivity index (χ0v) is 17.5. The van der Waals surface area contributed by atoms with Crippen LogP contribution in [0.4, 0.5) is 5.95 Å². The molecule has 0 bridgehead atoms. The van der Waals surface area contributed by atoms with Gasteiger partial charge in [-0.2, -0.15) is 0 Å². The van der Waals surface area contributed by atoms with Gasteiger partial charge in [0.15, 0.2) is 5.75 Å². The first-order chi connectivity index (χ1) is 15.0. The monoisotopic (exact) mass is 447 g/mol. The van der Waals surface area contributed by atoms with E-state index in [1.807, 2.05) is 0 Å². The van der Waals surface area contributed by atoms with Crippen molar-refractivity contribution in [1.82, 2.24) is 20.8 Å². The average Bonchev–Trinajstić information content (AvgIpc) is 3.20. The summed E-state index contributed by atoms with van der Waals surface area (Å²) in [5, 5.41) is 6.39. The van der Waals surface area contributed by atoms with Crippen molar-refractivity contribution in [1.29, 1.82) is 0 Å². The van der Waals surface area contributed by atoms with Crippen LogP contribution in [0.15, 0.2) is 43.2 Å². The molecule has 2 aromatic rings. The van der Waals surface area contributed by atoms with E-state index in [0.717, 1.165) is 0 Å². The normalized spacial score (nSPS) is 17.6. The fourth-order valence-electron chi connectivity index (χ4n) is 2.85. The van der Waals surface area contributed by atoms with Crippen LogP contribution in [0.25, 0.3) is 0 Å². The van der Waals surface area contributed by atoms with Gasteiger partial charge in [0.05, 0.1) is 44.8 Å². The molecule has 2 amide bonds. The molecule has 3 N–H and O–H groups in total. The molecule has 164 valence electrons. The molecule has 0 aliphatic carbocycles. The molecule has 1 fully saturated rings. The number of hydrogen-bond acceptors (Lipinski definition) is 8. The van der Waals surface area contributed by atoms with Crippen molar-refractivity contribution in [2.24, 2.45) is 0 Å². The van der Waals surface area contributed by atoms with Crippen molar-refractivity contribution in [3.63, 3.8) is 0 Å². The van der Waals surface area contributed by atoms with Crippen LogP contribution in [0.5, 0.6) is 5.75 Å². The number of ether oxygens (including phenoxy) is 2. The Labute approximate surface area is 183 Å². The van der Waals surface area contributed by atoms with Gasteiger partial charge in [-0.25, -0.2) is 15.4 Å². The van der Waals surface area contributed by atoms with Crippen LogP contribution in [-0.2, 0) is 21.0 Å². The molecule has 1 aromatic heterocycles. The van der Waals surface area contributed by atoms with Gasteiger partial charge in [0.2, 0.25) is 11.9 Å². The molecule has 3 rings (SSSR count). The number of halogens is 1. The first kappa shape index (κ1) is 22.5. The Hall–Kier alpha value is -3.21. The Morgan fingerprint density at radius 2 is 2.03 bits per heavy atom. The summed E-state index contributed by atoms with van der Waals surface area (Å²) in [5.74, 6) is 0.136. The molecule has 1 saturated heterocycles. The van der Waals surface area contributed by atoms with Gasteiger partial charge in [0.25, 0.3) is 5.91 Å². The molecule has 1 aromatic carbocycles. The lowest BCUT2D eigenvalue weighted by Crippen LogP contribution is -2.45. The van der Waals surface area contributed by atoms with E-state index in [1.54, 1.807) is 18.2 Å². The highest BCUT2D eigenvalue weighted by molar-refractivity contribution is 6.31. The number of carbonyl (C=O) groups is 2. The van der Waals surface area contributed by atoms with E-state index in [-0.39, 0.29) is 24.6 Å². The second-order valence-electron chi connectivity index (χ2n) is 6.58. The van der Waals surface area contributed by atoms with E-state index in [1.165, 1.54) is 25.6 Å². The van der Waals surface area contributed by atoms with Gasteiger partial charge in [-0.3, -0.25) is 14.4 Å². The topological polar surface area (TPSA) is 124 Å². The second-order valence-corrected chi connectivity index (χ2v) is 6.99. The summed E-state index contributed by atoms with van der Waals surface area (Å²) in [5.41, 5.74) is 3.26. The van der Waals surface area contributed by atoms with Crippen LogP contribution in [-0.4, -0.2) is 54.2 Å². The summed E-state index contributed by atoms with van der Waals surface area (Å²) in [6, 6.07) is 4.43. The van der Waals surface area contributed by atoms with E-state index < -0.39 is 5.91 Å². The molecule has 10 nitrogen and oxygen atoms in total. The molecule has 31 heavy (non-hydrogen) atoms. The summed E-state index contributed by atoms with van der Waals surface area (Å²) < 4.78 is 11.1. The van der Waals surface area contributed by atoms with Crippen LogP contribution in [0.3, 0.4) is 0 Å². The molecule has 2 unspecified atom stereocenters. The maximum atomic E-state index is 11.9. The highest BCUT2D eigenvalue weighted by Crippen LogP contribution is 2.20. The minimum Gasteiger partial charge on any atom is -0.486 e. The van der Waals surface area contributed by atoms with Gasteiger partial charge < -0.3 is 20.1 Å². The number of rotatable bonds is 9. The van der Waals surface area contributed by atoms with Gasteiger partial charge in [-0.1, -0.05) is 18.2 Å². The summed E-state index contributed by atoms with van der Waals surface area (Å²) in [6.07, 6.45) is 4.24. The highest BCUT2D eigenvalue weighted by atomic mass is 35.5. The smallest absolute Gasteiger partial charge is 0.274 e. The molecule has 2 atom stereocenters. The Morgan fingerprint density at radius 1 is 1.29 bits per heavy atom. The van der Waals surface area contributed by atoms with Crippen molar-refractivity contribution >= 4 is 29.4 Å². The fraction of sp³-hybridized carbons (Fsp3) is 0.300. The Kier molecular flexibility index (Phi) is 7.76. The summed E-state index contributed by atoms with van der Waals surface area (Å²) >= 11 is 6.19. The number of carbonyl (C=O) groups excluding carboxylic acids is 2. The number of hydrogen-bond donors (Lipinski definition) is 3. The standard InChI is InChI=1S/C20H22ClN5O5/c1-3-18(27)24-16-10-30-11-17(16)25-20-22-7-14(8-23-20)31-9-13-6-12(4-5-15(13)21)19(28)26-29-2/h3-8,16-17H,1,9-11H2,2H3,(H,24,27)(H,26,28)(H,22,23,25). The molecule has 0 saturated carbocycles. The number of amides is 2. The zero-order valence-electron chi connectivity index (χ0n) is 16.8. The highest BCUT2D eigenvalue weighted by Gasteiger charge is 2.29. The van der Waals surface area contributed by atoms with E-state index in [2.05, 4.69) is 37.5 Å². The van der Waals surface area contributed by atoms with Crippen molar-refractivity contribution < 1.29 is 23.9 Å². The van der Waals surface area contributed by atoms with Gasteiger partial charge in [0.1, 0.15) is 6.61 Å². The Balaban J connectivity index is 1.57. The number of anilines is 1. The van der Waals surface area contributed by atoms with Crippen molar-refractivity contribution in [3.05, 3.63) is 59.4 Å².